The number of piperazine rings is 1. The minimum absolute atomic E-state index is 0. The quantitative estimate of drug-likeness (QED) is 0.851. The maximum absolute atomic E-state index is 5.87. The highest BCUT2D eigenvalue weighted by molar-refractivity contribution is 5.85. The van der Waals surface area contributed by atoms with E-state index in [9.17, 15) is 0 Å². The van der Waals surface area contributed by atoms with E-state index in [1.165, 1.54) is 11.1 Å². The first-order valence-corrected chi connectivity index (χ1v) is 8.79. The number of ether oxygens (including phenoxy) is 1. The van der Waals surface area contributed by atoms with Crippen LogP contribution < -0.4 is 10.1 Å². The third-order valence-corrected chi connectivity index (χ3v) is 4.31. The van der Waals surface area contributed by atoms with Gasteiger partial charge in [-0.1, -0.05) is 26.0 Å². The van der Waals surface area contributed by atoms with Gasteiger partial charge in [-0.15, -0.1) is 12.4 Å². The van der Waals surface area contributed by atoms with Crippen LogP contribution in [0, 0.1) is 5.92 Å². The zero-order valence-corrected chi connectivity index (χ0v) is 15.8. The third kappa shape index (κ3) is 5.70. The lowest BCUT2D eigenvalue weighted by Gasteiger charge is -2.36. The van der Waals surface area contributed by atoms with E-state index in [2.05, 4.69) is 59.4 Å². The first kappa shape index (κ1) is 19.7. The summed E-state index contributed by atoms with van der Waals surface area (Å²) in [5, 5.41) is 3.51. The number of pyridine rings is 1. The highest BCUT2D eigenvalue weighted by atomic mass is 35.5. The molecule has 0 bridgehead atoms. The fraction of sp³-hybridized carbons (Fsp3) is 0.450. The van der Waals surface area contributed by atoms with E-state index in [0.717, 1.165) is 38.5 Å². The number of benzene rings is 1. The molecule has 3 rings (SSSR count). The Balaban J connectivity index is 0.00000225. The van der Waals surface area contributed by atoms with Gasteiger partial charge in [0.05, 0.1) is 6.61 Å². The van der Waals surface area contributed by atoms with Gasteiger partial charge in [0.15, 0.2) is 0 Å². The van der Waals surface area contributed by atoms with E-state index in [1.54, 1.807) is 0 Å². The average Bonchev–Trinajstić information content (AvgIpc) is 2.62. The molecule has 0 saturated carbocycles. The van der Waals surface area contributed by atoms with Crippen LogP contribution in [0.25, 0.3) is 0 Å². The van der Waals surface area contributed by atoms with Crippen molar-refractivity contribution in [2.24, 2.45) is 5.92 Å². The minimum Gasteiger partial charge on any atom is -0.493 e. The summed E-state index contributed by atoms with van der Waals surface area (Å²) in [7, 11) is 0. The van der Waals surface area contributed by atoms with Gasteiger partial charge in [-0.2, -0.15) is 0 Å². The number of halogens is 1. The monoisotopic (exact) mass is 361 g/mol. The summed E-state index contributed by atoms with van der Waals surface area (Å²) in [4.78, 5) is 6.68. The Morgan fingerprint density at radius 3 is 2.80 bits per heavy atom. The smallest absolute Gasteiger partial charge is 0.119 e. The van der Waals surface area contributed by atoms with Gasteiger partial charge in [-0.05, 0) is 41.3 Å². The third-order valence-electron chi connectivity index (χ3n) is 4.31. The molecule has 1 aliphatic heterocycles. The van der Waals surface area contributed by atoms with Gasteiger partial charge < -0.3 is 10.1 Å². The Morgan fingerprint density at radius 2 is 2.04 bits per heavy atom. The number of rotatable bonds is 6. The summed E-state index contributed by atoms with van der Waals surface area (Å²) in [5.74, 6) is 1.51. The zero-order valence-electron chi connectivity index (χ0n) is 15.0. The Morgan fingerprint density at radius 1 is 1.24 bits per heavy atom. The summed E-state index contributed by atoms with van der Waals surface area (Å²) in [5.41, 5.74) is 2.63. The molecule has 0 radical (unpaired) electrons. The first-order valence-electron chi connectivity index (χ1n) is 8.79. The number of hydrogen-bond donors (Lipinski definition) is 1. The summed E-state index contributed by atoms with van der Waals surface area (Å²) in [6.07, 6.45) is 3.75. The van der Waals surface area contributed by atoms with Crippen LogP contribution in [0.1, 0.15) is 31.0 Å². The predicted octanol–water partition coefficient (Wildman–Crippen LogP) is 3.68. The van der Waals surface area contributed by atoms with Crippen LogP contribution in [-0.4, -0.2) is 36.1 Å². The highest BCUT2D eigenvalue weighted by Crippen LogP contribution is 2.25. The van der Waals surface area contributed by atoms with Gasteiger partial charge in [-0.25, -0.2) is 0 Å². The molecule has 136 valence electrons. The normalized spacial score (nSPS) is 18.0. The van der Waals surface area contributed by atoms with Gasteiger partial charge in [0.25, 0.3) is 0 Å². The van der Waals surface area contributed by atoms with E-state index >= 15 is 0 Å². The molecule has 4 nitrogen and oxygen atoms in total. The second-order valence-corrected chi connectivity index (χ2v) is 6.82. The van der Waals surface area contributed by atoms with Crippen LogP contribution in [0.15, 0.2) is 48.8 Å². The molecule has 2 heterocycles. The standard InChI is InChI=1S/C20H27N3O.ClH/c1-16(2)15-24-19-5-3-4-17(12-19)14-23-11-10-22-13-20(23)18-6-8-21-9-7-18;/h3-9,12,16,20,22H,10-11,13-15H2,1-2H3;1H. The summed E-state index contributed by atoms with van der Waals surface area (Å²) in [6.45, 7) is 9.10. The SMILES string of the molecule is CC(C)COc1cccc(CN2CCNCC2c2ccncc2)c1.Cl. The number of aromatic nitrogens is 1. The summed E-state index contributed by atoms with van der Waals surface area (Å²) >= 11 is 0. The van der Waals surface area contributed by atoms with Gasteiger partial charge in [0, 0.05) is 44.6 Å². The summed E-state index contributed by atoms with van der Waals surface area (Å²) in [6, 6.07) is 13.1. The maximum Gasteiger partial charge on any atom is 0.119 e. The van der Waals surface area contributed by atoms with E-state index in [0.29, 0.717) is 12.0 Å². The lowest BCUT2D eigenvalue weighted by Crippen LogP contribution is -2.45. The first-order chi connectivity index (χ1) is 11.7. The molecule has 0 spiro atoms. The fourth-order valence-corrected chi connectivity index (χ4v) is 3.08. The maximum atomic E-state index is 5.87. The molecular formula is C20H28ClN3O. The molecule has 1 aromatic carbocycles. The molecular weight excluding hydrogens is 334 g/mol. The van der Waals surface area contributed by atoms with Crippen LogP contribution in [0.5, 0.6) is 5.75 Å². The van der Waals surface area contributed by atoms with Gasteiger partial charge in [0.1, 0.15) is 5.75 Å². The summed E-state index contributed by atoms with van der Waals surface area (Å²) < 4.78 is 5.87. The largest absolute Gasteiger partial charge is 0.493 e. The lowest BCUT2D eigenvalue weighted by molar-refractivity contribution is 0.153. The molecule has 1 unspecified atom stereocenters. The Kier molecular flexibility index (Phi) is 7.69. The fourth-order valence-electron chi connectivity index (χ4n) is 3.08. The predicted molar refractivity (Wildman–Crippen MR) is 104 cm³/mol. The molecule has 5 heteroatoms. The molecule has 1 fully saturated rings. The van der Waals surface area contributed by atoms with E-state index in [-0.39, 0.29) is 12.4 Å². The van der Waals surface area contributed by atoms with Crippen molar-refractivity contribution in [3.8, 4) is 5.75 Å². The van der Waals surface area contributed by atoms with Gasteiger partial charge in [0.2, 0.25) is 0 Å². The van der Waals surface area contributed by atoms with Crippen molar-refractivity contribution < 1.29 is 4.74 Å². The zero-order chi connectivity index (χ0) is 16.8. The highest BCUT2D eigenvalue weighted by Gasteiger charge is 2.23. The second kappa shape index (κ2) is 9.76. The molecule has 1 aromatic heterocycles. The average molecular weight is 362 g/mol. The molecule has 1 N–H and O–H groups in total. The molecule has 0 aliphatic carbocycles. The van der Waals surface area contributed by atoms with Crippen LogP contribution in [0.3, 0.4) is 0 Å². The van der Waals surface area contributed by atoms with Crippen molar-refractivity contribution in [2.75, 3.05) is 26.2 Å². The van der Waals surface area contributed by atoms with Crippen molar-refractivity contribution in [3.63, 3.8) is 0 Å². The Labute approximate surface area is 157 Å². The van der Waals surface area contributed by atoms with E-state index < -0.39 is 0 Å². The van der Waals surface area contributed by atoms with Crippen LogP contribution in [0.2, 0.25) is 0 Å². The topological polar surface area (TPSA) is 37.4 Å². The van der Waals surface area contributed by atoms with E-state index in [4.69, 9.17) is 4.74 Å². The van der Waals surface area contributed by atoms with Crippen molar-refractivity contribution in [1.29, 1.82) is 0 Å². The number of hydrogen-bond acceptors (Lipinski definition) is 4. The van der Waals surface area contributed by atoms with Crippen LogP contribution >= 0.6 is 12.4 Å². The molecule has 2 aromatic rings. The van der Waals surface area contributed by atoms with Crippen molar-refractivity contribution in [3.05, 3.63) is 59.9 Å². The van der Waals surface area contributed by atoms with Crippen LogP contribution in [-0.2, 0) is 6.54 Å². The van der Waals surface area contributed by atoms with Crippen molar-refractivity contribution in [2.45, 2.75) is 26.4 Å². The van der Waals surface area contributed by atoms with Crippen LogP contribution in [0.4, 0.5) is 0 Å². The second-order valence-electron chi connectivity index (χ2n) is 6.82. The van der Waals surface area contributed by atoms with Gasteiger partial charge >= 0.3 is 0 Å². The minimum atomic E-state index is 0. The van der Waals surface area contributed by atoms with Crippen molar-refractivity contribution in [1.82, 2.24) is 15.2 Å². The van der Waals surface area contributed by atoms with E-state index in [1.807, 2.05) is 18.5 Å². The Hall–Kier alpha value is -1.62. The molecule has 0 amide bonds. The molecule has 1 aliphatic rings. The lowest BCUT2D eigenvalue weighted by atomic mass is 10.0. The Bertz CT molecular complexity index is 636. The molecule has 1 saturated heterocycles. The van der Waals surface area contributed by atoms with Crippen molar-refractivity contribution >= 4 is 12.4 Å². The van der Waals surface area contributed by atoms with Gasteiger partial charge in [-0.3, -0.25) is 9.88 Å². The number of nitrogens with zero attached hydrogens (tertiary/aromatic N) is 2. The molecule has 25 heavy (non-hydrogen) atoms. The molecule has 1 atom stereocenters. The number of nitrogens with one attached hydrogen (secondary N) is 1.